The number of halogens is 2. The monoisotopic (exact) mass is 348 g/mol. The maximum Gasteiger partial charge on any atom is 0.387 e. The van der Waals surface area contributed by atoms with Crippen LogP contribution in [0.15, 0.2) is 29.2 Å². The molecule has 1 amide bonds. The lowest BCUT2D eigenvalue weighted by Gasteiger charge is -2.33. The Bertz CT molecular complexity index is 666. The summed E-state index contributed by atoms with van der Waals surface area (Å²) in [4.78, 5) is 11.6. The molecular formula is C14H18F2N2O4S. The summed E-state index contributed by atoms with van der Waals surface area (Å²) in [6, 6.07) is 4.34. The zero-order valence-corrected chi connectivity index (χ0v) is 13.4. The molecule has 0 aromatic heterocycles. The number of nitrogens with one attached hydrogen (secondary N) is 1. The quantitative estimate of drug-likeness (QED) is 0.877. The molecule has 1 aliphatic rings. The highest BCUT2D eigenvalue weighted by molar-refractivity contribution is 7.89. The third-order valence-electron chi connectivity index (χ3n) is 3.65. The zero-order valence-electron chi connectivity index (χ0n) is 12.5. The van der Waals surface area contributed by atoms with E-state index in [1.54, 1.807) is 0 Å². The van der Waals surface area contributed by atoms with E-state index >= 15 is 0 Å². The molecule has 6 nitrogen and oxygen atoms in total. The number of para-hydroxylation sites is 1. The summed E-state index contributed by atoms with van der Waals surface area (Å²) in [6.07, 6.45) is 1.71. The van der Waals surface area contributed by atoms with E-state index in [1.807, 2.05) is 0 Å². The van der Waals surface area contributed by atoms with E-state index in [0.29, 0.717) is 12.8 Å². The van der Waals surface area contributed by atoms with Gasteiger partial charge in [0.25, 0.3) is 0 Å². The Hall–Kier alpha value is -1.74. The van der Waals surface area contributed by atoms with Crippen LogP contribution in [0.1, 0.15) is 19.3 Å². The summed E-state index contributed by atoms with van der Waals surface area (Å²) in [5.41, 5.74) is 0. The minimum Gasteiger partial charge on any atom is -0.433 e. The average molecular weight is 348 g/mol. The Morgan fingerprint density at radius 1 is 1.35 bits per heavy atom. The number of likely N-dealkylation sites (N-methyl/N-ethyl adjacent to an activating group) is 1. The Morgan fingerprint density at radius 3 is 2.70 bits per heavy atom. The molecule has 0 spiro atoms. The first kappa shape index (κ1) is 17.6. The zero-order chi connectivity index (χ0) is 17.0. The van der Waals surface area contributed by atoms with Gasteiger partial charge in [0.2, 0.25) is 15.9 Å². The van der Waals surface area contributed by atoms with Crippen molar-refractivity contribution in [3.8, 4) is 5.75 Å². The van der Waals surface area contributed by atoms with Gasteiger partial charge in [0.1, 0.15) is 16.7 Å². The Balaban J connectivity index is 2.42. The topological polar surface area (TPSA) is 75.7 Å². The van der Waals surface area contributed by atoms with E-state index in [0.717, 1.165) is 16.8 Å². The van der Waals surface area contributed by atoms with Crippen LogP contribution in [0.4, 0.5) is 8.78 Å². The van der Waals surface area contributed by atoms with E-state index in [1.165, 1.54) is 25.2 Å². The fourth-order valence-electron chi connectivity index (χ4n) is 2.60. The van der Waals surface area contributed by atoms with E-state index < -0.39 is 34.3 Å². The lowest BCUT2D eigenvalue weighted by atomic mass is 10.0. The molecule has 1 aliphatic heterocycles. The number of amides is 1. The van der Waals surface area contributed by atoms with Crippen molar-refractivity contribution in [2.24, 2.45) is 0 Å². The van der Waals surface area contributed by atoms with Gasteiger partial charge >= 0.3 is 6.61 Å². The molecule has 1 saturated heterocycles. The minimum absolute atomic E-state index is 0.156. The second-order valence-corrected chi connectivity index (χ2v) is 6.93. The van der Waals surface area contributed by atoms with Crippen LogP contribution >= 0.6 is 0 Å². The molecule has 1 aromatic rings. The summed E-state index contributed by atoms with van der Waals surface area (Å²) in [7, 11) is -2.70. The molecule has 0 aliphatic carbocycles. The van der Waals surface area contributed by atoms with Gasteiger partial charge < -0.3 is 10.1 Å². The molecular weight excluding hydrogens is 330 g/mol. The molecule has 2 rings (SSSR count). The molecule has 0 saturated carbocycles. The van der Waals surface area contributed by atoms with Crippen molar-refractivity contribution in [2.45, 2.75) is 36.8 Å². The molecule has 9 heteroatoms. The number of carbonyl (C=O) groups is 1. The lowest BCUT2D eigenvalue weighted by molar-refractivity contribution is -0.125. The van der Waals surface area contributed by atoms with Crippen molar-refractivity contribution in [3.63, 3.8) is 0 Å². The number of hydrogen-bond donors (Lipinski definition) is 1. The van der Waals surface area contributed by atoms with Gasteiger partial charge in [-0.3, -0.25) is 4.79 Å². The summed E-state index contributed by atoms with van der Waals surface area (Å²) >= 11 is 0. The molecule has 1 atom stereocenters. The third-order valence-corrected chi connectivity index (χ3v) is 5.60. The molecule has 1 fully saturated rings. The third kappa shape index (κ3) is 3.78. The SMILES string of the molecule is CNC(=O)[C@@H]1CCCCN1S(=O)(=O)c1ccccc1OC(F)F. The van der Waals surface area contributed by atoms with Gasteiger partial charge in [-0.15, -0.1) is 0 Å². The number of rotatable bonds is 5. The van der Waals surface area contributed by atoms with Crippen molar-refractivity contribution < 1.29 is 26.7 Å². The lowest BCUT2D eigenvalue weighted by Crippen LogP contribution is -2.51. The first-order valence-electron chi connectivity index (χ1n) is 7.15. The van der Waals surface area contributed by atoms with Crippen molar-refractivity contribution >= 4 is 15.9 Å². The second-order valence-electron chi connectivity index (χ2n) is 5.07. The number of hydrogen-bond acceptors (Lipinski definition) is 4. The maximum absolute atomic E-state index is 12.8. The van der Waals surface area contributed by atoms with Gasteiger partial charge in [0, 0.05) is 13.6 Å². The van der Waals surface area contributed by atoms with Crippen molar-refractivity contribution in [3.05, 3.63) is 24.3 Å². The standard InChI is InChI=1S/C14H18F2N2O4S/c1-17-13(19)10-6-4-5-9-18(10)23(20,21)12-8-3-2-7-11(12)22-14(15)16/h2-3,7-8,10,14H,4-6,9H2,1H3,(H,17,19)/t10-/m0/s1. The number of nitrogens with zero attached hydrogens (tertiary/aromatic N) is 1. The number of ether oxygens (including phenoxy) is 1. The van der Waals surface area contributed by atoms with E-state index in [-0.39, 0.29) is 11.4 Å². The smallest absolute Gasteiger partial charge is 0.387 e. The van der Waals surface area contributed by atoms with E-state index in [2.05, 4.69) is 10.1 Å². The largest absolute Gasteiger partial charge is 0.433 e. The van der Waals surface area contributed by atoms with Gasteiger partial charge in [0.05, 0.1) is 0 Å². The number of alkyl halides is 2. The predicted molar refractivity (Wildman–Crippen MR) is 78.7 cm³/mol. The van der Waals surface area contributed by atoms with Crippen molar-refractivity contribution in [1.82, 2.24) is 9.62 Å². The molecule has 0 unspecified atom stereocenters. The van der Waals surface area contributed by atoms with Gasteiger partial charge in [-0.1, -0.05) is 18.6 Å². The van der Waals surface area contributed by atoms with Crippen LogP contribution < -0.4 is 10.1 Å². The van der Waals surface area contributed by atoms with Crippen LogP contribution in [0.5, 0.6) is 5.75 Å². The number of benzene rings is 1. The fraction of sp³-hybridized carbons (Fsp3) is 0.500. The van der Waals surface area contributed by atoms with E-state index in [9.17, 15) is 22.0 Å². The Kier molecular flexibility index (Phi) is 5.53. The minimum atomic E-state index is -4.13. The highest BCUT2D eigenvalue weighted by Crippen LogP contribution is 2.31. The number of carbonyl (C=O) groups excluding carboxylic acids is 1. The van der Waals surface area contributed by atoms with Crippen LogP contribution in [-0.2, 0) is 14.8 Å². The summed E-state index contributed by atoms with van der Waals surface area (Å²) < 4.78 is 56.0. The van der Waals surface area contributed by atoms with Gasteiger partial charge in [-0.05, 0) is 25.0 Å². The Labute approximate surface area is 133 Å². The Morgan fingerprint density at radius 2 is 2.04 bits per heavy atom. The molecule has 1 heterocycles. The maximum atomic E-state index is 12.8. The van der Waals surface area contributed by atoms with Gasteiger partial charge in [-0.2, -0.15) is 13.1 Å². The molecule has 1 aromatic carbocycles. The number of piperidine rings is 1. The van der Waals surface area contributed by atoms with E-state index in [4.69, 9.17) is 0 Å². The molecule has 128 valence electrons. The van der Waals surface area contributed by atoms with Crippen LogP contribution in [0.3, 0.4) is 0 Å². The normalized spacial score (nSPS) is 19.6. The summed E-state index contributed by atoms with van der Waals surface area (Å²) in [5.74, 6) is -0.843. The molecule has 0 radical (unpaired) electrons. The number of sulfonamides is 1. The van der Waals surface area contributed by atoms with Gasteiger partial charge in [0.15, 0.2) is 0 Å². The predicted octanol–water partition coefficient (Wildman–Crippen LogP) is 1.58. The fourth-order valence-corrected chi connectivity index (χ4v) is 4.38. The summed E-state index contributed by atoms with van der Waals surface area (Å²) in [6.45, 7) is -2.98. The highest BCUT2D eigenvalue weighted by Gasteiger charge is 2.38. The van der Waals surface area contributed by atoms with Crippen molar-refractivity contribution in [2.75, 3.05) is 13.6 Å². The first-order valence-corrected chi connectivity index (χ1v) is 8.59. The average Bonchev–Trinajstić information content (AvgIpc) is 2.54. The van der Waals surface area contributed by atoms with Crippen LogP contribution in [0.25, 0.3) is 0 Å². The first-order chi connectivity index (χ1) is 10.9. The van der Waals surface area contributed by atoms with Crippen LogP contribution in [0.2, 0.25) is 0 Å². The molecule has 0 bridgehead atoms. The van der Waals surface area contributed by atoms with Crippen LogP contribution in [0, 0.1) is 0 Å². The summed E-state index contributed by atoms with van der Waals surface area (Å²) in [5, 5.41) is 2.44. The van der Waals surface area contributed by atoms with Crippen molar-refractivity contribution in [1.29, 1.82) is 0 Å². The molecule has 23 heavy (non-hydrogen) atoms. The van der Waals surface area contributed by atoms with Crippen LogP contribution in [-0.4, -0.2) is 44.9 Å². The highest BCUT2D eigenvalue weighted by atomic mass is 32.2. The molecule has 1 N–H and O–H groups in total. The second kappa shape index (κ2) is 7.22. The van der Waals surface area contributed by atoms with Gasteiger partial charge in [-0.25, -0.2) is 8.42 Å².